The molecule has 0 saturated carbocycles. The first-order valence-corrected chi connectivity index (χ1v) is 4.74. The van der Waals surface area contributed by atoms with Crippen molar-refractivity contribution in [3.63, 3.8) is 0 Å². The minimum absolute atomic E-state index is 0.227. The molecule has 1 aromatic rings. The number of esters is 1. The second-order valence-corrected chi connectivity index (χ2v) is 3.97. The maximum atomic E-state index is 11.3. The fourth-order valence-corrected chi connectivity index (χ4v) is 1.18. The highest BCUT2D eigenvalue weighted by Crippen LogP contribution is 2.15. The number of carbonyl (C=O) groups is 1. The summed E-state index contributed by atoms with van der Waals surface area (Å²) in [5, 5.41) is 6.87. The van der Waals surface area contributed by atoms with E-state index in [9.17, 15) is 4.79 Å². The van der Waals surface area contributed by atoms with Crippen LogP contribution >= 0.6 is 0 Å². The third-order valence-corrected chi connectivity index (χ3v) is 2.10. The van der Waals surface area contributed by atoms with Crippen molar-refractivity contribution in [1.82, 2.24) is 10.5 Å². The average molecular weight is 212 g/mol. The lowest BCUT2D eigenvalue weighted by molar-refractivity contribution is -0.150. The first kappa shape index (κ1) is 11.7. The molecule has 0 aliphatic heterocycles. The Morgan fingerprint density at radius 2 is 2.40 bits per heavy atom. The second-order valence-electron chi connectivity index (χ2n) is 3.97. The molecule has 0 aromatic carbocycles. The summed E-state index contributed by atoms with van der Waals surface area (Å²) in [4.78, 5) is 11.3. The summed E-state index contributed by atoms with van der Waals surface area (Å²) in [5.41, 5.74) is 0.286. The molecule has 0 spiro atoms. The SMILES string of the molecule is COC(=O)C(C)(C)CNCc1ccon1. The third kappa shape index (κ3) is 3.36. The minimum atomic E-state index is -0.529. The molecule has 0 aliphatic rings. The summed E-state index contributed by atoms with van der Waals surface area (Å²) in [6, 6.07) is 1.78. The number of nitrogens with one attached hydrogen (secondary N) is 1. The minimum Gasteiger partial charge on any atom is -0.469 e. The molecule has 0 radical (unpaired) electrons. The lowest BCUT2D eigenvalue weighted by Crippen LogP contribution is -2.36. The van der Waals surface area contributed by atoms with Crippen LogP contribution in [0, 0.1) is 5.41 Å². The van der Waals surface area contributed by atoms with Crippen molar-refractivity contribution in [2.75, 3.05) is 13.7 Å². The molecule has 0 unspecified atom stereocenters. The van der Waals surface area contributed by atoms with Gasteiger partial charge in [0.1, 0.15) is 6.26 Å². The number of aromatic nitrogens is 1. The van der Waals surface area contributed by atoms with Crippen LogP contribution in [0.15, 0.2) is 16.9 Å². The van der Waals surface area contributed by atoms with Gasteiger partial charge in [-0.25, -0.2) is 0 Å². The van der Waals surface area contributed by atoms with Crippen LogP contribution < -0.4 is 5.32 Å². The molecule has 0 atom stereocenters. The Balaban J connectivity index is 2.33. The number of nitrogens with zero attached hydrogens (tertiary/aromatic N) is 1. The van der Waals surface area contributed by atoms with E-state index in [-0.39, 0.29) is 5.97 Å². The van der Waals surface area contributed by atoms with E-state index in [2.05, 4.69) is 19.7 Å². The van der Waals surface area contributed by atoms with Gasteiger partial charge in [-0.05, 0) is 13.8 Å². The Bertz CT molecular complexity index is 306. The van der Waals surface area contributed by atoms with Crippen LogP contribution in [-0.4, -0.2) is 24.8 Å². The molecule has 0 fully saturated rings. The van der Waals surface area contributed by atoms with Crippen molar-refractivity contribution >= 4 is 5.97 Å². The predicted octanol–water partition coefficient (Wildman–Crippen LogP) is 0.963. The molecule has 0 bridgehead atoms. The van der Waals surface area contributed by atoms with Crippen LogP contribution in [0.2, 0.25) is 0 Å². The molecule has 84 valence electrons. The topological polar surface area (TPSA) is 64.4 Å². The number of carbonyl (C=O) groups excluding carboxylic acids is 1. The van der Waals surface area contributed by atoms with Gasteiger partial charge in [-0.2, -0.15) is 0 Å². The number of methoxy groups -OCH3 is 1. The van der Waals surface area contributed by atoms with Crippen molar-refractivity contribution in [3.05, 3.63) is 18.0 Å². The van der Waals surface area contributed by atoms with E-state index in [4.69, 9.17) is 0 Å². The van der Waals surface area contributed by atoms with E-state index in [1.807, 2.05) is 13.8 Å². The van der Waals surface area contributed by atoms with Gasteiger partial charge in [-0.3, -0.25) is 4.79 Å². The van der Waals surface area contributed by atoms with Crippen LogP contribution in [0.4, 0.5) is 0 Å². The molecular weight excluding hydrogens is 196 g/mol. The van der Waals surface area contributed by atoms with Crippen molar-refractivity contribution in [3.8, 4) is 0 Å². The quantitative estimate of drug-likeness (QED) is 0.736. The van der Waals surface area contributed by atoms with Gasteiger partial charge in [0.25, 0.3) is 0 Å². The standard InChI is InChI=1S/C10H16N2O3/c1-10(2,9(13)14-3)7-11-6-8-4-5-15-12-8/h4-5,11H,6-7H2,1-3H3. The van der Waals surface area contributed by atoms with Crippen molar-refractivity contribution in [2.24, 2.45) is 5.41 Å². The van der Waals surface area contributed by atoms with Gasteiger partial charge < -0.3 is 14.6 Å². The fourth-order valence-electron chi connectivity index (χ4n) is 1.18. The molecule has 5 nitrogen and oxygen atoms in total. The number of hydrogen-bond acceptors (Lipinski definition) is 5. The van der Waals surface area contributed by atoms with Crippen LogP contribution in [0.1, 0.15) is 19.5 Å². The van der Waals surface area contributed by atoms with E-state index in [0.717, 1.165) is 5.69 Å². The molecular formula is C10H16N2O3. The first-order chi connectivity index (χ1) is 7.06. The molecule has 1 N–H and O–H groups in total. The summed E-state index contributed by atoms with van der Waals surface area (Å²) < 4.78 is 9.37. The van der Waals surface area contributed by atoms with E-state index in [1.54, 1.807) is 6.07 Å². The Morgan fingerprint density at radius 1 is 1.67 bits per heavy atom. The van der Waals surface area contributed by atoms with E-state index in [0.29, 0.717) is 13.1 Å². The average Bonchev–Trinajstić information content (AvgIpc) is 2.69. The Kier molecular flexibility index (Phi) is 3.85. The zero-order valence-electron chi connectivity index (χ0n) is 9.24. The van der Waals surface area contributed by atoms with Gasteiger partial charge in [-0.15, -0.1) is 0 Å². The summed E-state index contributed by atoms with van der Waals surface area (Å²) in [6.07, 6.45) is 1.52. The van der Waals surface area contributed by atoms with Crippen molar-refractivity contribution in [1.29, 1.82) is 0 Å². The van der Waals surface area contributed by atoms with E-state index < -0.39 is 5.41 Å². The zero-order valence-corrected chi connectivity index (χ0v) is 9.24. The molecule has 0 amide bonds. The number of hydrogen-bond donors (Lipinski definition) is 1. The maximum absolute atomic E-state index is 11.3. The molecule has 0 aliphatic carbocycles. The van der Waals surface area contributed by atoms with Gasteiger partial charge in [0, 0.05) is 19.2 Å². The van der Waals surface area contributed by atoms with Crippen molar-refractivity contribution in [2.45, 2.75) is 20.4 Å². The maximum Gasteiger partial charge on any atom is 0.312 e. The molecule has 5 heteroatoms. The first-order valence-electron chi connectivity index (χ1n) is 4.74. The molecule has 15 heavy (non-hydrogen) atoms. The Hall–Kier alpha value is -1.36. The molecule has 1 heterocycles. The number of ether oxygens (including phenoxy) is 1. The van der Waals surface area contributed by atoms with Crippen LogP contribution in [-0.2, 0) is 16.1 Å². The highest BCUT2D eigenvalue weighted by atomic mass is 16.5. The van der Waals surface area contributed by atoms with E-state index in [1.165, 1.54) is 13.4 Å². The largest absolute Gasteiger partial charge is 0.469 e. The summed E-state index contributed by atoms with van der Waals surface area (Å²) >= 11 is 0. The van der Waals surface area contributed by atoms with Gasteiger partial charge in [0.2, 0.25) is 0 Å². The smallest absolute Gasteiger partial charge is 0.312 e. The Labute approximate surface area is 88.8 Å². The van der Waals surface area contributed by atoms with Gasteiger partial charge in [0.05, 0.1) is 18.2 Å². The molecule has 0 saturated heterocycles. The number of rotatable bonds is 5. The monoisotopic (exact) mass is 212 g/mol. The lowest BCUT2D eigenvalue weighted by atomic mass is 9.94. The molecule has 1 rings (SSSR count). The van der Waals surface area contributed by atoms with Gasteiger partial charge in [0.15, 0.2) is 0 Å². The van der Waals surface area contributed by atoms with Crippen LogP contribution in [0.25, 0.3) is 0 Å². The fraction of sp³-hybridized carbons (Fsp3) is 0.600. The van der Waals surface area contributed by atoms with E-state index >= 15 is 0 Å². The normalized spacial score (nSPS) is 11.4. The highest BCUT2D eigenvalue weighted by Gasteiger charge is 2.27. The highest BCUT2D eigenvalue weighted by molar-refractivity contribution is 5.76. The summed E-state index contributed by atoms with van der Waals surface area (Å²) in [6.45, 7) is 4.77. The van der Waals surface area contributed by atoms with Crippen molar-refractivity contribution < 1.29 is 14.1 Å². The van der Waals surface area contributed by atoms with Crippen LogP contribution in [0.5, 0.6) is 0 Å². The van der Waals surface area contributed by atoms with Gasteiger partial charge >= 0.3 is 5.97 Å². The summed E-state index contributed by atoms with van der Waals surface area (Å²) in [7, 11) is 1.39. The zero-order chi connectivity index (χ0) is 11.3. The predicted molar refractivity (Wildman–Crippen MR) is 54.0 cm³/mol. The summed E-state index contributed by atoms with van der Waals surface area (Å²) in [5.74, 6) is -0.227. The Morgan fingerprint density at radius 3 is 2.93 bits per heavy atom. The lowest BCUT2D eigenvalue weighted by Gasteiger charge is -2.21. The second kappa shape index (κ2) is 4.93. The molecule has 1 aromatic heterocycles. The van der Waals surface area contributed by atoms with Gasteiger partial charge in [-0.1, -0.05) is 5.16 Å². The third-order valence-electron chi connectivity index (χ3n) is 2.10. The van der Waals surface area contributed by atoms with Crippen LogP contribution in [0.3, 0.4) is 0 Å².